The summed E-state index contributed by atoms with van der Waals surface area (Å²) in [6.45, 7) is 13.6. The number of likely N-dealkylation sites (tertiary alicyclic amines) is 1. The maximum Gasteiger partial charge on any atom is 0.224 e. The number of piperazine rings is 1. The standard InChI is InChI=1S/C22H35N5O/c1-4-23-22(24-11-10-21(28)26-12-5-6-13-26)27-16-14-25(15-17-27)20-9-7-8-18(2)19(20)3/h7-9H,4-6,10-17H2,1-3H3,(H,23,24). The molecule has 1 N–H and O–H groups in total. The predicted molar refractivity (Wildman–Crippen MR) is 116 cm³/mol. The van der Waals surface area contributed by atoms with Crippen molar-refractivity contribution >= 4 is 17.6 Å². The maximum absolute atomic E-state index is 12.2. The Morgan fingerprint density at radius 3 is 2.43 bits per heavy atom. The van der Waals surface area contributed by atoms with E-state index < -0.39 is 0 Å². The van der Waals surface area contributed by atoms with Crippen LogP contribution in [-0.4, -0.2) is 74.0 Å². The molecular weight excluding hydrogens is 350 g/mol. The Labute approximate surface area is 169 Å². The van der Waals surface area contributed by atoms with Crippen LogP contribution in [0, 0.1) is 13.8 Å². The first-order chi connectivity index (χ1) is 13.6. The minimum atomic E-state index is 0.247. The first-order valence-corrected chi connectivity index (χ1v) is 10.7. The van der Waals surface area contributed by atoms with Gasteiger partial charge in [0.05, 0.1) is 6.54 Å². The first kappa shape index (κ1) is 20.5. The van der Waals surface area contributed by atoms with E-state index in [1.165, 1.54) is 16.8 Å². The molecule has 0 unspecified atom stereocenters. The van der Waals surface area contributed by atoms with Crippen LogP contribution in [0.2, 0.25) is 0 Å². The molecule has 2 fully saturated rings. The van der Waals surface area contributed by atoms with E-state index >= 15 is 0 Å². The minimum Gasteiger partial charge on any atom is -0.368 e. The molecular formula is C22H35N5O. The Morgan fingerprint density at radius 2 is 1.75 bits per heavy atom. The molecule has 1 aromatic carbocycles. The van der Waals surface area contributed by atoms with Crippen molar-refractivity contribution in [2.24, 2.45) is 4.99 Å². The smallest absolute Gasteiger partial charge is 0.224 e. The van der Waals surface area contributed by atoms with Gasteiger partial charge in [0, 0.05) is 57.9 Å². The van der Waals surface area contributed by atoms with Crippen molar-refractivity contribution in [1.82, 2.24) is 15.1 Å². The monoisotopic (exact) mass is 385 g/mol. The lowest BCUT2D eigenvalue weighted by molar-refractivity contribution is -0.129. The van der Waals surface area contributed by atoms with Crippen LogP contribution >= 0.6 is 0 Å². The fraction of sp³-hybridized carbons (Fsp3) is 0.636. The number of aryl methyl sites for hydroxylation is 1. The van der Waals surface area contributed by atoms with Gasteiger partial charge in [-0.05, 0) is 50.8 Å². The zero-order valence-electron chi connectivity index (χ0n) is 17.7. The number of nitrogens with zero attached hydrogens (tertiary/aromatic N) is 4. The van der Waals surface area contributed by atoms with Gasteiger partial charge in [0.1, 0.15) is 0 Å². The van der Waals surface area contributed by atoms with Crippen LogP contribution in [-0.2, 0) is 4.79 Å². The molecule has 0 radical (unpaired) electrons. The van der Waals surface area contributed by atoms with E-state index in [9.17, 15) is 4.79 Å². The summed E-state index contributed by atoms with van der Waals surface area (Å²) in [7, 11) is 0. The maximum atomic E-state index is 12.2. The van der Waals surface area contributed by atoms with Crippen molar-refractivity contribution in [1.29, 1.82) is 0 Å². The summed E-state index contributed by atoms with van der Waals surface area (Å²) in [6, 6.07) is 6.54. The van der Waals surface area contributed by atoms with Gasteiger partial charge in [0.25, 0.3) is 0 Å². The van der Waals surface area contributed by atoms with E-state index in [-0.39, 0.29) is 5.91 Å². The van der Waals surface area contributed by atoms with Crippen molar-refractivity contribution in [3.05, 3.63) is 29.3 Å². The van der Waals surface area contributed by atoms with E-state index in [0.717, 1.165) is 64.6 Å². The molecule has 0 aromatic heterocycles. The third-order valence-corrected chi connectivity index (χ3v) is 5.88. The largest absolute Gasteiger partial charge is 0.368 e. The summed E-state index contributed by atoms with van der Waals surface area (Å²) in [5.41, 5.74) is 4.06. The number of hydrogen-bond donors (Lipinski definition) is 1. The molecule has 1 amide bonds. The number of guanidine groups is 1. The van der Waals surface area contributed by atoms with Gasteiger partial charge in [-0.3, -0.25) is 9.79 Å². The van der Waals surface area contributed by atoms with Gasteiger partial charge >= 0.3 is 0 Å². The number of amides is 1. The van der Waals surface area contributed by atoms with Gasteiger partial charge in [-0.2, -0.15) is 0 Å². The van der Waals surface area contributed by atoms with Crippen LogP contribution < -0.4 is 10.2 Å². The predicted octanol–water partition coefficient (Wildman–Crippen LogP) is 2.40. The fourth-order valence-corrected chi connectivity index (χ4v) is 4.05. The molecule has 154 valence electrons. The highest BCUT2D eigenvalue weighted by Crippen LogP contribution is 2.23. The van der Waals surface area contributed by atoms with Crippen LogP contribution in [0.15, 0.2) is 23.2 Å². The van der Waals surface area contributed by atoms with E-state index in [4.69, 9.17) is 4.99 Å². The summed E-state index contributed by atoms with van der Waals surface area (Å²) >= 11 is 0. The van der Waals surface area contributed by atoms with Gasteiger partial charge in [0.2, 0.25) is 5.91 Å². The third-order valence-electron chi connectivity index (χ3n) is 5.88. The number of carbonyl (C=O) groups excluding carboxylic acids is 1. The number of nitrogens with one attached hydrogen (secondary N) is 1. The lowest BCUT2D eigenvalue weighted by atomic mass is 10.1. The summed E-state index contributed by atoms with van der Waals surface area (Å²) in [6.07, 6.45) is 2.79. The molecule has 3 rings (SSSR count). The van der Waals surface area contributed by atoms with Crippen LogP contribution in [0.5, 0.6) is 0 Å². The number of benzene rings is 1. The zero-order chi connectivity index (χ0) is 19.9. The molecule has 0 atom stereocenters. The molecule has 2 aliphatic rings. The van der Waals surface area contributed by atoms with E-state index in [2.05, 4.69) is 54.1 Å². The van der Waals surface area contributed by atoms with Crippen LogP contribution in [0.4, 0.5) is 5.69 Å². The quantitative estimate of drug-likeness (QED) is 0.625. The van der Waals surface area contributed by atoms with Gasteiger partial charge in [-0.25, -0.2) is 0 Å². The average Bonchev–Trinajstić information content (AvgIpc) is 3.25. The van der Waals surface area contributed by atoms with E-state index in [1.54, 1.807) is 0 Å². The van der Waals surface area contributed by atoms with Gasteiger partial charge < -0.3 is 20.0 Å². The third kappa shape index (κ3) is 4.97. The molecule has 28 heavy (non-hydrogen) atoms. The Morgan fingerprint density at radius 1 is 1.04 bits per heavy atom. The van der Waals surface area contributed by atoms with Crippen LogP contribution in [0.3, 0.4) is 0 Å². The van der Waals surface area contributed by atoms with Gasteiger partial charge in [-0.15, -0.1) is 0 Å². The highest BCUT2D eigenvalue weighted by Gasteiger charge is 2.21. The second-order valence-corrected chi connectivity index (χ2v) is 7.77. The number of hydrogen-bond acceptors (Lipinski definition) is 3. The molecule has 2 heterocycles. The lowest BCUT2D eigenvalue weighted by Gasteiger charge is -2.38. The summed E-state index contributed by atoms with van der Waals surface area (Å²) in [5.74, 6) is 1.19. The molecule has 0 spiro atoms. The molecule has 6 nitrogen and oxygen atoms in total. The molecule has 0 aliphatic carbocycles. The van der Waals surface area contributed by atoms with Crippen molar-refractivity contribution < 1.29 is 4.79 Å². The normalized spacial score (nSPS) is 18.0. The van der Waals surface area contributed by atoms with Gasteiger partial charge in [-0.1, -0.05) is 12.1 Å². The molecule has 2 aliphatic heterocycles. The van der Waals surface area contributed by atoms with E-state index in [1.807, 2.05) is 4.90 Å². The molecule has 6 heteroatoms. The molecule has 1 aromatic rings. The lowest BCUT2D eigenvalue weighted by Crippen LogP contribution is -2.52. The number of carbonyl (C=O) groups is 1. The van der Waals surface area contributed by atoms with Crippen molar-refractivity contribution in [2.45, 2.75) is 40.0 Å². The Balaban J connectivity index is 1.54. The number of aliphatic imine (C=N–C) groups is 1. The fourth-order valence-electron chi connectivity index (χ4n) is 4.05. The van der Waals surface area contributed by atoms with Crippen LogP contribution in [0.1, 0.15) is 37.3 Å². The summed E-state index contributed by atoms with van der Waals surface area (Å²) in [5, 5.41) is 3.40. The second kappa shape index (κ2) is 9.80. The SMILES string of the molecule is CCNC(=NCCC(=O)N1CCCC1)N1CCN(c2cccc(C)c2C)CC1. The molecule has 0 saturated carbocycles. The summed E-state index contributed by atoms with van der Waals surface area (Å²) in [4.78, 5) is 23.8. The zero-order valence-corrected chi connectivity index (χ0v) is 17.7. The Bertz CT molecular complexity index is 688. The number of rotatable bonds is 5. The van der Waals surface area contributed by atoms with Crippen molar-refractivity contribution in [2.75, 3.05) is 57.3 Å². The Kier molecular flexibility index (Phi) is 7.18. The highest BCUT2D eigenvalue weighted by atomic mass is 16.2. The average molecular weight is 386 g/mol. The molecule has 0 bridgehead atoms. The van der Waals surface area contributed by atoms with E-state index in [0.29, 0.717) is 13.0 Å². The highest BCUT2D eigenvalue weighted by molar-refractivity contribution is 5.81. The topological polar surface area (TPSA) is 51.2 Å². The van der Waals surface area contributed by atoms with Crippen molar-refractivity contribution in [3.63, 3.8) is 0 Å². The van der Waals surface area contributed by atoms with Gasteiger partial charge in [0.15, 0.2) is 5.96 Å². The Hall–Kier alpha value is -2.24. The minimum absolute atomic E-state index is 0.247. The first-order valence-electron chi connectivity index (χ1n) is 10.7. The summed E-state index contributed by atoms with van der Waals surface area (Å²) < 4.78 is 0. The second-order valence-electron chi connectivity index (χ2n) is 7.77. The molecule has 2 saturated heterocycles. The van der Waals surface area contributed by atoms with Crippen LogP contribution in [0.25, 0.3) is 0 Å². The number of anilines is 1. The van der Waals surface area contributed by atoms with Crippen molar-refractivity contribution in [3.8, 4) is 0 Å².